The molecule has 2 heterocycles. The molecular formula is C16H14F5N5O. The van der Waals surface area contributed by atoms with Gasteiger partial charge in [-0.3, -0.25) is 9.36 Å². The summed E-state index contributed by atoms with van der Waals surface area (Å²) in [6.07, 6.45) is -2.36. The predicted octanol–water partition coefficient (Wildman–Crippen LogP) is 1.96. The van der Waals surface area contributed by atoms with E-state index in [9.17, 15) is 26.7 Å². The Kier molecular flexibility index (Phi) is 4.96. The average molecular weight is 387 g/mol. The van der Waals surface area contributed by atoms with E-state index in [1.807, 2.05) is 0 Å². The number of benzene rings is 1. The number of Topliss-reactive ketones (excluding diaryl/α,β-unsaturated/α-hetero) is 1. The van der Waals surface area contributed by atoms with Gasteiger partial charge in [0.15, 0.2) is 11.6 Å². The predicted molar refractivity (Wildman–Crippen MR) is 83.8 cm³/mol. The van der Waals surface area contributed by atoms with E-state index >= 15 is 0 Å². The number of rotatable bonds is 5. The van der Waals surface area contributed by atoms with E-state index < -0.39 is 35.5 Å². The van der Waals surface area contributed by atoms with Crippen LogP contribution in [-0.4, -0.2) is 38.0 Å². The summed E-state index contributed by atoms with van der Waals surface area (Å²) in [6, 6.07) is 1.92. The number of halogens is 5. The molecule has 6 nitrogen and oxygen atoms in total. The molecule has 0 spiro atoms. The van der Waals surface area contributed by atoms with E-state index in [0.29, 0.717) is 6.07 Å². The maximum absolute atomic E-state index is 13.7. The van der Waals surface area contributed by atoms with Crippen molar-refractivity contribution in [3.8, 4) is 0 Å². The summed E-state index contributed by atoms with van der Waals surface area (Å²) < 4.78 is 65.7. The van der Waals surface area contributed by atoms with Crippen LogP contribution in [0.25, 0.3) is 6.20 Å². The molecule has 27 heavy (non-hydrogen) atoms. The molecule has 2 N–H and O–H groups in total. The summed E-state index contributed by atoms with van der Waals surface area (Å²) in [5.74, 6) is -3.12. The number of hydrogen-bond acceptors (Lipinski definition) is 5. The Balaban J connectivity index is 1.63. The Morgan fingerprint density at radius 2 is 1.96 bits per heavy atom. The van der Waals surface area contributed by atoms with Gasteiger partial charge in [0, 0.05) is 18.5 Å². The highest BCUT2D eigenvalue weighted by Gasteiger charge is 2.38. The molecule has 1 unspecified atom stereocenters. The third-order valence-electron chi connectivity index (χ3n) is 4.02. The quantitative estimate of drug-likeness (QED) is 0.794. The van der Waals surface area contributed by atoms with Crippen molar-refractivity contribution in [1.29, 1.82) is 0 Å². The van der Waals surface area contributed by atoms with Crippen LogP contribution in [0.1, 0.15) is 17.2 Å². The van der Waals surface area contributed by atoms with Crippen molar-refractivity contribution in [1.82, 2.24) is 19.7 Å². The van der Waals surface area contributed by atoms with Crippen LogP contribution in [0.15, 0.2) is 24.4 Å². The summed E-state index contributed by atoms with van der Waals surface area (Å²) in [4.78, 5) is 13.7. The van der Waals surface area contributed by atoms with Crippen LogP contribution < -0.4 is 5.73 Å². The highest BCUT2D eigenvalue weighted by atomic mass is 19.4. The lowest BCUT2D eigenvalue weighted by Crippen LogP contribution is -2.40. The van der Waals surface area contributed by atoms with Gasteiger partial charge in [-0.25, -0.2) is 8.78 Å². The maximum atomic E-state index is 13.7. The minimum absolute atomic E-state index is 0.0239. The number of nitrogens with two attached hydrogens (primary N) is 1. The highest BCUT2D eigenvalue weighted by molar-refractivity contribution is 5.86. The molecule has 0 fully saturated rings. The highest BCUT2D eigenvalue weighted by Crippen LogP contribution is 2.29. The third-order valence-corrected chi connectivity index (χ3v) is 4.02. The Morgan fingerprint density at radius 1 is 1.22 bits per heavy atom. The number of fused-ring (bicyclic) bond motifs is 1. The van der Waals surface area contributed by atoms with E-state index in [0.717, 1.165) is 16.8 Å². The monoisotopic (exact) mass is 387 g/mol. The van der Waals surface area contributed by atoms with Crippen LogP contribution in [0.4, 0.5) is 22.0 Å². The third kappa shape index (κ3) is 4.13. The minimum Gasteiger partial charge on any atom is -0.361 e. The second kappa shape index (κ2) is 7.06. The zero-order chi connectivity index (χ0) is 19.8. The van der Waals surface area contributed by atoms with Gasteiger partial charge in [-0.05, 0) is 18.1 Å². The Bertz CT molecular complexity index is 892. The van der Waals surface area contributed by atoms with Gasteiger partial charge >= 0.3 is 6.18 Å². The first kappa shape index (κ1) is 19.0. The normalized spacial score (nSPS) is 15.0. The SMILES string of the molecule is NC(Cc1ccc(F)cc1F)C(=O)CN1C=Cn2c(nnc2C(F)(F)F)C1. The van der Waals surface area contributed by atoms with Crippen LogP contribution in [0.2, 0.25) is 0 Å². The number of nitrogens with zero attached hydrogens (tertiary/aromatic N) is 4. The zero-order valence-electron chi connectivity index (χ0n) is 13.7. The molecular weight excluding hydrogens is 373 g/mol. The van der Waals surface area contributed by atoms with Crippen molar-refractivity contribution in [2.75, 3.05) is 6.54 Å². The Labute approximate surface area is 150 Å². The van der Waals surface area contributed by atoms with Crippen LogP contribution in [0.3, 0.4) is 0 Å². The van der Waals surface area contributed by atoms with Gasteiger partial charge in [-0.1, -0.05) is 6.07 Å². The van der Waals surface area contributed by atoms with Crippen LogP contribution in [0, 0.1) is 11.6 Å². The summed E-state index contributed by atoms with van der Waals surface area (Å²) in [7, 11) is 0. The van der Waals surface area contributed by atoms with Crippen LogP contribution in [0.5, 0.6) is 0 Å². The molecule has 1 aromatic carbocycles. The molecule has 0 saturated heterocycles. The maximum Gasteiger partial charge on any atom is 0.452 e. The summed E-state index contributed by atoms with van der Waals surface area (Å²) in [6.45, 7) is -0.266. The number of ketones is 1. The van der Waals surface area contributed by atoms with Gasteiger partial charge < -0.3 is 10.6 Å². The number of carbonyl (C=O) groups is 1. The standard InChI is InChI=1S/C16H14F5N5O/c17-10-2-1-9(11(18)6-10)5-12(22)13(27)7-25-3-4-26-14(8-25)23-24-15(26)16(19,20)21/h1-4,6,12H,5,7-8,22H2. The van der Waals surface area contributed by atoms with E-state index in [1.165, 1.54) is 17.2 Å². The molecule has 1 aliphatic rings. The first-order valence-corrected chi connectivity index (χ1v) is 7.80. The molecule has 1 atom stereocenters. The fraction of sp³-hybridized carbons (Fsp3) is 0.312. The lowest BCUT2D eigenvalue weighted by molar-refractivity contribution is -0.146. The lowest BCUT2D eigenvalue weighted by atomic mass is 10.0. The molecule has 1 aromatic heterocycles. The molecule has 0 aliphatic carbocycles. The second-order valence-electron chi connectivity index (χ2n) is 6.02. The fourth-order valence-corrected chi connectivity index (χ4v) is 2.64. The Morgan fingerprint density at radius 3 is 2.63 bits per heavy atom. The van der Waals surface area contributed by atoms with Crippen molar-refractivity contribution >= 4 is 12.0 Å². The molecule has 2 aromatic rings. The second-order valence-corrected chi connectivity index (χ2v) is 6.02. The molecule has 144 valence electrons. The van der Waals surface area contributed by atoms with E-state index in [4.69, 9.17) is 5.73 Å². The molecule has 3 rings (SSSR count). The van der Waals surface area contributed by atoms with Crippen LogP contribution >= 0.6 is 0 Å². The molecule has 0 radical (unpaired) electrons. The lowest BCUT2D eigenvalue weighted by Gasteiger charge is -2.24. The van der Waals surface area contributed by atoms with E-state index in [-0.39, 0.29) is 30.9 Å². The van der Waals surface area contributed by atoms with Crippen molar-refractivity contribution in [2.24, 2.45) is 5.73 Å². The van der Waals surface area contributed by atoms with Crippen molar-refractivity contribution in [3.63, 3.8) is 0 Å². The van der Waals surface area contributed by atoms with Crippen LogP contribution in [-0.2, 0) is 23.9 Å². The van der Waals surface area contributed by atoms with Gasteiger partial charge in [0.25, 0.3) is 0 Å². The molecule has 0 saturated carbocycles. The zero-order valence-corrected chi connectivity index (χ0v) is 13.7. The van der Waals surface area contributed by atoms with Gasteiger partial charge in [-0.15, -0.1) is 10.2 Å². The average Bonchev–Trinajstić information content (AvgIpc) is 3.00. The molecule has 0 amide bonds. The Hall–Kier alpha value is -2.82. The number of hydrogen-bond donors (Lipinski definition) is 1. The van der Waals surface area contributed by atoms with Crippen molar-refractivity contribution in [2.45, 2.75) is 25.2 Å². The van der Waals surface area contributed by atoms with E-state index in [2.05, 4.69) is 10.2 Å². The topological polar surface area (TPSA) is 77.0 Å². The largest absolute Gasteiger partial charge is 0.452 e. The first-order valence-electron chi connectivity index (χ1n) is 7.80. The van der Waals surface area contributed by atoms with Gasteiger partial charge in [0.05, 0.1) is 19.1 Å². The first-order chi connectivity index (χ1) is 12.6. The minimum atomic E-state index is -4.64. The molecule has 11 heteroatoms. The molecule has 0 bridgehead atoms. The van der Waals surface area contributed by atoms with Gasteiger partial charge in [0.1, 0.15) is 11.6 Å². The fourth-order valence-electron chi connectivity index (χ4n) is 2.64. The smallest absolute Gasteiger partial charge is 0.361 e. The van der Waals surface area contributed by atoms with E-state index in [1.54, 1.807) is 0 Å². The summed E-state index contributed by atoms with van der Waals surface area (Å²) >= 11 is 0. The number of alkyl halides is 3. The van der Waals surface area contributed by atoms with Crippen molar-refractivity contribution in [3.05, 3.63) is 53.2 Å². The molecule has 1 aliphatic heterocycles. The summed E-state index contributed by atoms with van der Waals surface area (Å²) in [5.41, 5.74) is 5.88. The van der Waals surface area contributed by atoms with Gasteiger partial charge in [0.2, 0.25) is 5.82 Å². The number of aromatic nitrogens is 3. The number of carbonyl (C=O) groups excluding carboxylic acids is 1. The summed E-state index contributed by atoms with van der Waals surface area (Å²) in [5, 5.41) is 6.60. The van der Waals surface area contributed by atoms with Gasteiger partial charge in [-0.2, -0.15) is 13.2 Å². The van der Waals surface area contributed by atoms with Crippen molar-refractivity contribution < 1.29 is 26.7 Å².